The number of halogens is 1. The molecule has 0 unspecified atom stereocenters. The van der Waals surface area contributed by atoms with Crippen LogP contribution in [0.1, 0.15) is 31.4 Å². The summed E-state index contributed by atoms with van der Waals surface area (Å²) in [5.74, 6) is 0.508. The molecule has 0 atom stereocenters. The van der Waals surface area contributed by atoms with Gasteiger partial charge < -0.3 is 9.26 Å². The molecule has 0 saturated heterocycles. The lowest BCUT2D eigenvalue weighted by molar-refractivity contribution is -0.150. The van der Waals surface area contributed by atoms with E-state index in [4.69, 9.17) is 9.26 Å². The van der Waals surface area contributed by atoms with Crippen LogP contribution in [0, 0.1) is 5.92 Å². The van der Waals surface area contributed by atoms with Gasteiger partial charge in [0.15, 0.2) is 12.4 Å². The molecular formula is C16H16BrNO3. The molecule has 2 aromatic rings. The SMILES string of the molecule is O=C(OCc1cc(-c2ccccc2Br)no1)C1CCCC1. The first kappa shape index (κ1) is 14.3. The Morgan fingerprint density at radius 1 is 1.33 bits per heavy atom. The van der Waals surface area contributed by atoms with Crippen molar-refractivity contribution < 1.29 is 14.1 Å². The fourth-order valence-electron chi connectivity index (χ4n) is 2.60. The molecule has 1 heterocycles. The number of carbonyl (C=O) groups is 1. The lowest BCUT2D eigenvalue weighted by atomic mass is 10.1. The van der Waals surface area contributed by atoms with Crippen LogP contribution in [0.2, 0.25) is 0 Å². The number of ether oxygens (including phenoxy) is 1. The summed E-state index contributed by atoms with van der Waals surface area (Å²) in [7, 11) is 0. The first-order valence-electron chi connectivity index (χ1n) is 7.11. The zero-order valence-corrected chi connectivity index (χ0v) is 13.1. The third-order valence-electron chi connectivity index (χ3n) is 3.75. The van der Waals surface area contributed by atoms with Crippen molar-refractivity contribution in [1.29, 1.82) is 0 Å². The van der Waals surface area contributed by atoms with E-state index in [1.54, 1.807) is 0 Å². The second-order valence-corrected chi connectivity index (χ2v) is 6.10. The second kappa shape index (κ2) is 6.43. The largest absolute Gasteiger partial charge is 0.457 e. The molecule has 1 aromatic carbocycles. The molecule has 110 valence electrons. The van der Waals surface area contributed by atoms with Gasteiger partial charge >= 0.3 is 5.97 Å². The van der Waals surface area contributed by atoms with Gasteiger partial charge in [0.2, 0.25) is 0 Å². The predicted octanol–water partition coefficient (Wildman–Crippen LogP) is 4.34. The van der Waals surface area contributed by atoms with Gasteiger partial charge in [-0.2, -0.15) is 0 Å². The Bertz CT molecular complexity index is 632. The van der Waals surface area contributed by atoms with Crippen LogP contribution in [0.25, 0.3) is 11.3 Å². The van der Waals surface area contributed by atoms with Crippen LogP contribution < -0.4 is 0 Å². The van der Waals surface area contributed by atoms with Gasteiger partial charge in [-0.1, -0.05) is 52.1 Å². The first-order chi connectivity index (χ1) is 10.2. The standard InChI is InChI=1S/C16H16BrNO3/c17-14-8-4-3-7-13(14)15-9-12(21-18-15)10-20-16(19)11-5-1-2-6-11/h3-4,7-9,11H,1-2,5-6,10H2. The first-order valence-corrected chi connectivity index (χ1v) is 7.90. The van der Waals surface area contributed by atoms with Crippen LogP contribution in [-0.2, 0) is 16.1 Å². The molecule has 0 radical (unpaired) electrons. The van der Waals surface area contributed by atoms with Gasteiger partial charge in [-0.15, -0.1) is 0 Å². The van der Waals surface area contributed by atoms with E-state index in [-0.39, 0.29) is 18.5 Å². The minimum atomic E-state index is -0.119. The van der Waals surface area contributed by atoms with Gasteiger partial charge in [0.25, 0.3) is 0 Å². The summed E-state index contributed by atoms with van der Waals surface area (Å²) in [6, 6.07) is 9.59. The van der Waals surface area contributed by atoms with Crippen molar-refractivity contribution in [2.45, 2.75) is 32.3 Å². The van der Waals surface area contributed by atoms with Crippen molar-refractivity contribution in [3.05, 3.63) is 40.6 Å². The molecule has 1 aliphatic carbocycles. The van der Waals surface area contributed by atoms with E-state index >= 15 is 0 Å². The van der Waals surface area contributed by atoms with Crippen molar-refractivity contribution in [2.75, 3.05) is 0 Å². The van der Waals surface area contributed by atoms with Gasteiger partial charge in [0, 0.05) is 16.1 Å². The number of nitrogens with zero attached hydrogens (tertiary/aromatic N) is 1. The molecular weight excluding hydrogens is 334 g/mol. The number of hydrogen-bond acceptors (Lipinski definition) is 4. The number of benzene rings is 1. The molecule has 0 amide bonds. The highest BCUT2D eigenvalue weighted by atomic mass is 79.9. The lowest BCUT2D eigenvalue weighted by Gasteiger charge is -2.07. The quantitative estimate of drug-likeness (QED) is 0.770. The monoisotopic (exact) mass is 349 g/mol. The molecule has 0 spiro atoms. The summed E-state index contributed by atoms with van der Waals surface area (Å²) in [4.78, 5) is 11.9. The molecule has 1 fully saturated rings. The summed E-state index contributed by atoms with van der Waals surface area (Å²) >= 11 is 3.48. The topological polar surface area (TPSA) is 52.3 Å². The van der Waals surface area contributed by atoms with Crippen molar-refractivity contribution in [3.63, 3.8) is 0 Å². The maximum atomic E-state index is 11.9. The van der Waals surface area contributed by atoms with Gasteiger partial charge in [-0.25, -0.2) is 0 Å². The number of aromatic nitrogens is 1. The Kier molecular flexibility index (Phi) is 4.39. The maximum Gasteiger partial charge on any atom is 0.309 e. The molecule has 1 aromatic heterocycles. The van der Waals surface area contributed by atoms with Crippen molar-refractivity contribution in [1.82, 2.24) is 5.16 Å². The van der Waals surface area contributed by atoms with E-state index in [2.05, 4.69) is 21.1 Å². The Morgan fingerprint density at radius 2 is 2.10 bits per heavy atom. The number of esters is 1. The fourth-order valence-corrected chi connectivity index (χ4v) is 3.09. The molecule has 1 aliphatic rings. The van der Waals surface area contributed by atoms with Crippen LogP contribution in [0.5, 0.6) is 0 Å². The van der Waals surface area contributed by atoms with E-state index < -0.39 is 0 Å². The molecule has 4 nitrogen and oxygen atoms in total. The minimum Gasteiger partial charge on any atom is -0.457 e. The summed E-state index contributed by atoms with van der Waals surface area (Å²) in [5, 5.41) is 4.03. The van der Waals surface area contributed by atoms with Crippen LogP contribution >= 0.6 is 15.9 Å². The van der Waals surface area contributed by atoms with Gasteiger partial charge in [0.05, 0.1) is 5.92 Å². The Morgan fingerprint density at radius 3 is 2.86 bits per heavy atom. The average molecular weight is 350 g/mol. The number of hydrogen-bond donors (Lipinski definition) is 0. The Labute approximate surface area is 131 Å². The van der Waals surface area contributed by atoms with E-state index in [0.717, 1.165) is 41.4 Å². The van der Waals surface area contributed by atoms with Gasteiger partial charge in [-0.3, -0.25) is 4.79 Å². The van der Waals surface area contributed by atoms with Crippen LogP contribution in [-0.4, -0.2) is 11.1 Å². The van der Waals surface area contributed by atoms with Gasteiger partial charge in [-0.05, 0) is 18.9 Å². The summed E-state index contributed by atoms with van der Waals surface area (Å²) in [5.41, 5.74) is 1.68. The van der Waals surface area contributed by atoms with Gasteiger partial charge in [0.1, 0.15) is 5.69 Å². The van der Waals surface area contributed by atoms with Crippen molar-refractivity contribution >= 4 is 21.9 Å². The van der Waals surface area contributed by atoms with Crippen molar-refractivity contribution in [3.8, 4) is 11.3 Å². The van der Waals surface area contributed by atoms with E-state index in [1.165, 1.54) is 0 Å². The average Bonchev–Trinajstić information content (AvgIpc) is 3.17. The highest BCUT2D eigenvalue weighted by Gasteiger charge is 2.24. The third-order valence-corrected chi connectivity index (χ3v) is 4.45. The smallest absolute Gasteiger partial charge is 0.309 e. The van der Waals surface area contributed by atoms with E-state index in [1.807, 2.05) is 30.3 Å². The van der Waals surface area contributed by atoms with Crippen LogP contribution in [0.15, 0.2) is 39.3 Å². The Balaban J connectivity index is 1.63. The minimum absolute atomic E-state index is 0.0654. The normalized spacial score (nSPS) is 15.3. The maximum absolute atomic E-state index is 11.9. The van der Waals surface area contributed by atoms with E-state index in [9.17, 15) is 4.79 Å². The summed E-state index contributed by atoms with van der Waals surface area (Å²) in [6.07, 6.45) is 4.12. The highest BCUT2D eigenvalue weighted by Crippen LogP contribution is 2.28. The molecule has 0 bridgehead atoms. The zero-order chi connectivity index (χ0) is 14.7. The second-order valence-electron chi connectivity index (χ2n) is 5.25. The molecule has 0 N–H and O–H groups in total. The van der Waals surface area contributed by atoms with E-state index in [0.29, 0.717) is 5.76 Å². The molecule has 21 heavy (non-hydrogen) atoms. The highest BCUT2D eigenvalue weighted by molar-refractivity contribution is 9.10. The Hall–Kier alpha value is -1.62. The van der Waals surface area contributed by atoms with Crippen LogP contribution in [0.3, 0.4) is 0 Å². The number of rotatable bonds is 4. The lowest BCUT2D eigenvalue weighted by Crippen LogP contribution is -2.14. The van der Waals surface area contributed by atoms with Crippen LogP contribution in [0.4, 0.5) is 0 Å². The number of carbonyl (C=O) groups excluding carboxylic acids is 1. The summed E-state index contributed by atoms with van der Waals surface area (Å²) < 4.78 is 11.5. The zero-order valence-electron chi connectivity index (χ0n) is 11.5. The third kappa shape index (κ3) is 3.35. The molecule has 1 saturated carbocycles. The molecule has 0 aliphatic heterocycles. The molecule has 5 heteroatoms. The predicted molar refractivity (Wildman–Crippen MR) is 81.4 cm³/mol. The summed E-state index contributed by atoms with van der Waals surface area (Å²) in [6.45, 7) is 0.146. The molecule has 3 rings (SSSR count). The fraction of sp³-hybridized carbons (Fsp3) is 0.375. The van der Waals surface area contributed by atoms with Crippen molar-refractivity contribution in [2.24, 2.45) is 5.92 Å².